The minimum Gasteiger partial charge on any atom is -0.306 e. The highest BCUT2D eigenvalue weighted by Crippen LogP contribution is 2.34. The number of nitrogens with one attached hydrogen (secondary N) is 1. The summed E-state index contributed by atoms with van der Waals surface area (Å²) in [5.41, 5.74) is 2.72. The Balaban J connectivity index is 2.08. The predicted octanol–water partition coefficient (Wildman–Crippen LogP) is 4.91. The molecule has 1 heterocycles. The van der Waals surface area contributed by atoms with Crippen LogP contribution in [0.5, 0.6) is 0 Å². The third kappa shape index (κ3) is 2.49. The molecule has 1 unspecified atom stereocenters. The first-order valence-corrected chi connectivity index (χ1v) is 7.88. The number of fused-ring (bicyclic) bond motifs is 1. The first-order valence-electron chi connectivity index (χ1n) is 7.07. The Morgan fingerprint density at radius 1 is 1.05 bits per heavy atom. The molecule has 0 spiro atoms. The summed E-state index contributed by atoms with van der Waals surface area (Å²) in [5.74, 6) is 0. The zero-order chi connectivity index (χ0) is 13.9. The van der Waals surface area contributed by atoms with Gasteiger partial charge in [-0.25, -0.2) is 0 Å². The van der Waals surface area contributed by atoms with Crippen molar-refractivity contribution in [2.75, 3.05) is 6.54 Å². The van der Waals surface area contributed by atoms with Crippen LogP contribution in [0.1, 0.15) is 29.0 Å². The van der Waals surface area contributed by atoms with Crippen LogP contribution in [0.25, 0.3) is 10.1 Å². The SMILES string of the molecule is CCNC(c1cc2ccccc2s1)c1ccccc1C. The van der Waals surface area contributed by atoms with E-state index in [-0.39, 0.29) is 0 Å². The molecule has 1 atom stereocenters. The van der Waals surface area contributed by atoms with Gasteiger partial charge in [0.05, 0.1) is 6.04 Å². The molecule has 0 saturated carbocycles. The summed E-state index contributed by atoms with van der Waals surface area (Å²) in [6.45, 7) is 5.32. The van der Waals surface area contributed by atoms with Gasteiger partial charge in [0.25, 0.3) is 0 Å². The smallest absolute Gasteiger partial charge is 0.0673 e. The molecule has 1 N–H and O–H groups in total. The number of benzene rings is 2. The van der Waals surface area contributed by atoms with Crippen LogP contribution in [-0.4, -0.2) is 6.54 Å². The maximum Gasteiger partial charge on any atom is 0.0673 e. The van der Waals surface area contributed by atoms with E-state index in [0.29, 0.717) is 6.04 Å². The van der Waals surface area contributed by atoms with Gasteiger partial charge in [-0.05, 0) is 42.1 Å². The zero-order valence-electron chi connectivity index (χ0n) is 11.9. The molecular formula is C18H19NS. The predicted molar refractivity (Wildman–Crippen MR) is 88.5 cm³/mol. The summed E-state index contributed by atoms with van der Waals surface area (Å²) in [6, 6.07) is 19.9. The molecule has 0 radical (unpaired) electrons. The number of hydrogen-bond donors (Lipinski definition) is 1. The van der Waals surface area contributed by atoms with Crippen molar-refractivity contribution in [2.24, 2.45) is 0 Å². The molecule has 0 fully saturated rings. The monoisotopic (exact) mass is 281 g/mol. The molecule has 0 saturated heterocycles. The average molecular weight is 281 g/mol. The zero-order valence-corrected chi connectivity index (χ0v) is 12.7. The van der Waals surface area contributed by atoms with Crippen molar-refractivity contribution in [1.29, 1.82) is 0 Å². The Morgan fingerprint density at radius 3 is 2.55 bits per heavy atom. The number of thiophene rings is 1. The fourth-order valence-electron chi connectivity index (χ4n) is 2.62. The van der Waals surface area contributed by atoms with Crippen LogP contribution < -0.4 is 5.32 Å². The lowest BCUT2D eigenvalue weighted by molar-refractivity contribution is 0.637. The minimum atomic E-state index is 0.290. The standard InChI is InChI=1S/C18H19NS/c1-3-19-18(15-10-6-4-8-13(15)2)17-12-14-9-5-7-11-16(14)20-17/h4-12,18-19H,3H2,1-2H3. The van der Waals surface area contributed by atoms with Gasteiger partial charge in [0.15, 0.2) is 0 Å². The minimum absolute atomic E-state index is 0.290. The van der Waals surface area contributed by atoms with Crippen molar-refractivity contribution < 1.29 is 0 Å². The topological polar surface area (TPSA) is 12.0 Å². The Labute approximate surface area is 124 Å². The lowest BCUT2D eigenvalue weighted by Gasteiger charge is -2.19. The van der Waals surface area contributed by atoms with Gasteiger partial charge in [-0.1, -0.05) is 49.4 Å². The largest absolute Gasteiger partial charge is 0.306 e. The fourth-order valence-corrected chi connectivity index (χ4v) is 3.78. The van der Waals surface area contributed by atoms with E-state index in [1.807, 2.05) is 11.3 Å². The lowest BCUT2D eigenvalue weighted by Crippen LogP contribution is -2.21. The van der Waals surface area contributed by atoms with Crippen molar-refractivity contribution in [3.05, 3.63) is 70.6 Å². The number of hydrogen-bond acceptors (Lipinski definition) is 2. The van der Waals surface area contributed by atoms with E-state index in [0.717, 1.165) is 6.54 Å². The maximum absolute atomic E-state index is 3.63. The second-order valence-corrected chi connectivity index (χ2v) is 6.15. The van der Waals surface area contributed by atoms with Crippen molar-refractivity contribution in [1.82, 2.24) is 5.32 Å². The maximum atomic E-state index is 3.63. The average Bonchev–Trinajstić information content (AvgIpc) is 2.89. The normalized spacial score (nSPS) is 12.7. The van der Waals surface area contributed by atoms with E-state index in [4.69, 9.17) is 0 Å². The molecule has 0 bridgehead atoms. The van der Waals surface area contributed by atoms with Gasteiger partial charge < -0.3 is 5.32 Å². The van der Waals surface area contributed by atoms with Gasteiger partial charge in [-0.15, -0.1) is 11.3 Å². The molecule has 0 aliphatic heterocycles. The van der Waals surface area contributed by atoms with Gasteiger partial charge in [0, 0.05) is 9.58 Å². The molecule has 1 nitrogen and oxygen atoms in total. The van der Waals surface area contributed by atoms with E-state index >= 15 is 0 Å². The lowest BCUT2D eigenvalue weighted by atomic mass is 10.00. The molecule has 20 heavy (non-hydrogen) atoms. The van der Waals surface area contributed by atoms with Gasteiger partial charge >= 0.3 is 0 Å². The van der Waals surface area contributed by atoms with E-state index in [1.54, 1.807) is 0 Å². The van der Waals surface area contributed by atoms with Crippen LogP contribution in [-0.2, 0) is 0 Å². The Morgan fingerprint density at radius 2 is 1.80 bits per heavy atom. The highest BCUT2D eigenvalue weighted by Gasteiger charge is 2.17. The van der Waals surface area contributed by atoms with Crippen molar-refractivity contribution in [2.45, 2.75) is 19.9 Å². The molecule has 0 amide bonds. The fraction of sp³-hybridized carbons (Fsp3) is 0.222. The summed E-state index contributed by atoms with van der Waals surface area (Å²) >= 11 is 1.89. The first kappa shape index (κ1) is 13.3. The highest BCUT2D eigenvalue weighted by molar-refractivity contribution is 7.19. The molecule has 0 aliphatic rings. The molecular weight excluding hydrogens is 262 g/mol. The van der Waals surface area contributed by atoms with E-state index in [2.05, 4.69) is 73.8 Å². The quantitative estimate of drug-likeness (QED) is 0.716. The molecule has 2 aromatic carbocycles. The Kier molecular flexibility index (Phi) is 3.86. The van der Waals surface area contributed by atoms with Gasteiger partial charge in [0.1, 0.15) is 0 Å². The second kappa shape index (κ2) is 5.78. The first-order chi connectivity index (χ1) is 9.79. The van der Waals surface area contributed by atoms with E-state index in [9.17, 15) is 0 Å². The van der Waals surface area contributed by atoms with Gasteiger partial charge in [-0.3, -0.25) is 0 Å². The third-order valence-electron chi connectivity index (χ3n) is 3.64. The van der Waals surface area contributed by atoms with Gasteiger partial charge in [0.2, 0.25) is 0 Å². The molecule has 3 rings (SSSR count). The molecule has 2 heteroatoms. The summed E-state index contributed by atoms with van der Waals surface area (Å²) in [5, 5.41) is 4.96. The van der Waals surface area contributed by atoms with Crippen molar-refractivity contribution in [3.8, 4) is 0 Å². The Bertz CT molecular complexity index is 681. The van der Waals surface area contributed by atoms with Crippen LogP contribution in [0, 0.1) is 6.92 Å². The third-order valence-corrected chi connectivity index (χ3v) is 4.82. The number of aryl methyl sites for hydroxylation is 1. The second-order valence-electron chi connectivity index (χ2n) is 5.03. The summed E-state index contributed by atoms with van der Waals surface area (Å²) in [4.78, 5) is 1.39. The van der Waals surface area contributed by atoms with Crippen LogP contribution in [0.3, 0.4) is 0 Å². The van der Waals surface area contributed by atoms with Crippen molar-refractivity contribution >= 4 is 21.4 Å². The molecule has 3 aromatic rings. The van der Waals surface area contributed by atoms with Crippen LogP contribution >= 0.6 is 11.3 Å². The van der Waals surface area contributed by atoms with Gasteiger partial charge in [-0.2, -0.15) is 0 Å². The highest BCUT2D eigenvalue weighted by atomic mass is 32.1. The Hall–Kier alpha value is -1.64. The van der Waals surface area contributed by atoms with Crippen LogP contribution in [0.15, 0.2) is 54.6 Å². The van der Waals surface area contributed by atoms with E-state index < -0.39 is 0 Å². The summed E-state index contributed by atoms with van der Waals surface area (Å²) in [7, 11) is 0. The summed E-state index contributed by atoms with van der Waals surface area (Å²) in [6.07, 6.45) is 0. The van der Waals surface area contributed by atoms with Crippen molar-refractivity contribution in [3.63, 3.8) is 0 Å². The van der Waals surface area contributed by atoms with E-state index in [1.165, 1.54) is 26.1 Å². The number of rotatable bonds is 4. The van der Waals surface area contributed by atoms with Crippen LogP contribution in [0.4, 0.5) is 0 Å². The molecule has 102 valence electrons. The molecule has 1 aromatic heterocycles. The summed E-state index contributed by atoms with van der Waals surface area (Å²) < 4.78 is 1.36. The van der Waals surface area contributed by atoms with Crippen LogP contribution in [0.2, 0.25) is 0 Å². The molecule has 0 aliphatic carbocycles.